The Morgan fingerprint density at radius 3 is 2.25 bits per heavy atom. The Labute approximate surface area is 282 Å². The van der Waals surface area contributed by atoms with Crippen molar-refractivity contribution in [1.82, 2.24) is 4.57 Å². The van der Waals surface area contributed by atoms with Crippen molar-refractivity contribution in [2.75, 3.05) is 4.90 Å². The summed E-state index contributed by atoms with van der Waals surface area (Å²) < 4.78 is 12.0. The standard InChI is InChI=1S/C43H31BN2OS/c1-24-21-34-38-35(22-24)46-39-29(42-40(46)28-12-6-8-18-37(28)48-42)14-9-15-31(39)44(38)30-20-19-25(43(2,3)4)23-33(30)45(34)32-16-10-13-27-26-11-5-7-17-36(26)47-41(27)32/h5-23H,1-4H3. The van der Waals surface area contributed by atoms with Crippen LogP contribution in [0.15, 0.2) is 120 Å². The predicted octanol–water partition coefficient (Wildman–Crippen LogP) is 10.1. The number of anilines is 3. The van der Waals surface area contributed by atoms with Crippen LogP contribution in [0.25, 0.3) is 58.8 Å². The first-order valence-corrected chi connectivity index (χ1v) is 17.6. The van der Waals surface area contributed by atoms with E-state index in [1.807, 2.05) is 11.3 Å². The van der Waals surface area contributed by atoms with E-state index in [4.69, 9.17) is 4.42 Å². The average Bonchev–Trinajstić information content (AvgIpc) is 3.75. The summed E-state index contributed by atoms with van der Waals surface area (Å²) in [6.07, 6.45) is 0. The molecule has 0 fully saturated rings. The van der Waals surface area contributed by atoms with Gasteiger partial charge in [-0.1, -0.05) is 99.6 Å². The summed E-state index contributed by atoms with van der Waals surface area (Å²) >= 11 is 1.92. The third-order valence-corrected chi connectivity index (χ3v) is 12.0. The van der Waals surface area contributed by atoms with Crippen LogP contribution in [0.5, 0.6) is 0 Å². The van der Waals surface area contributed by atoms with E-state index in [2.05, 4.69) is 152 Å². The molecule has 228 valence electrons. The van der Waals surface area contributed by atoms with Crippen molar-refractivity contribution < 1.29 is 4.42 Å². The zero-order valence-electron chi connectivity index (χ0n) is 27.3. The molecule has 2 aliphatic rings. The highest BCUT2D eigenvalue weighted by atomic mass is 32.1. The number of benzene rings is 6. The normalized spacial score (nSPS) is 13.8. The van der Waals surface area contributed by atoms with E-state index in [-0.39, 0.29) is 12.1 Å². The summed E-state index contributed by atoms with van der Waals surface area (Å²) in [4.78, 5) is 2.51. The number of hydrogen-bond donors (Lipinski definition) is 0. The molecule has 5 heterocycles. The number of nitrogens with zero attached hydrogens (tertiary/aromatic N) is 2. The zero-order chi connectivity index (χ0) is 32.1. The Bertz CT molecular complexity index is 2860. The minimum absolute atomic E-state index is 0.00316. The van der Waals surface area contributed by atoms with E-state index in [9.17, 15) is 0 Å². The molecule has 48 heavy (non-hydrogen) atoms. The lowest BCUT2D eigenvalue weighted by atomic mass is 9.33. The van der Waals surface area contributed by atoms with E-state index >= 15 is 0 Å². The Morgan fingerprint density at radius 1 is 0.625 bits per heavy atom. The maximum absolute atomic E-state index is 6.73. The quantitative estimate of drug-likeness (QED) is 0.168. The molecule has 5 heteroatoms. The van der Waals surface area contributed by atoms with E-state index in [1.165, 1.54) is 75.8 Å². The van der Waals surface area contributed by atoms with Gasteiger partial charge < -0.3 is 13.9 Å². The fourth-order valence-electron chi connectivity index (χ4n) is 8.67. The minimum atomic E-state index is -0.00316. The van der Waals surface area contributed by atoms with Gasteiger partial charge in [-0.05, 0) is 76.3 Å². The lowest BCUT2D eigenvalue weighted by Gasteiger charge is -2.41. The molecule has 6 aromatic carbocycles. The van der Waals surface area contributed by atoms with Crippen molar-refractivity contribution in [3.05, 3.63) is 126 Å². The number of aryl methyl sites for hydroxylation is 1. The first-order valence-electron chi connectivity index (χ1n) is 16.8. The van der Waals surface area contributed by atoms with Gasteiger partial charge in [-0.15, -0.1) is 11.3 Å². The van der Waals surface area contributed by atoms with Crippen LogP contribution in [0.3, 0.4) is 0 Å². The van der Waals surface area contributed by atoms with Crippen LogP contribution < -0.4 is 21.3 Å². The number of furan rings is 1. The molecule has 0 unspecified atom stereocenters. The second kappa shape index (κ2) is 9.00. The third-order valence-electron chi connectivity index (χ3n) is 10.8. The fraction of sp³-hybridized carbons (Fsp3) is 0.116. The van der Waals surface area contributed by atoms with Gasteiger partial charge in [0.05, 0.1) is 21.4 Å². The number of para-hydroxylation sites is 3. The molecule has 2 aliphatic heterocycles. The Morgan fingerprint density at radius 2 is 1.38 bits per heavy atom. The maximum Gasteiger partial charge on any atom is 0.252 e. The Hall–Kier alpha value is -5.26. The van der Waals surface area contributed by atoms with E-state index in [0.717, 1.165) is 27.6 Å². The molecule has 0 N–H and O–H groups in total. The molecule has 0 aliphatic carbocycles. The van der Waals surface area contributed by atoms with Crippen LogP contribution in [0.1, 0.15) is 31.9 Å². The number of rotatable bonds is 1. The molecular weight excluding hydrogens is 603 g/mol. The molecule has 0 amide bonds. The van der Waals surface area contributed by atoms with Gasteiger partial charge in [0.25, 0.3) is 6.71 Å². The number of thiophene rings is 1. The smallest absolute Gasteiger partial charge is 0.252 e. The molecule has 0 bridgehead atoms. The van der Waals surface area contributed by atoms with Crippen molar-refractivity contribution in [3.8, 4) is 5.69 Å². The molecule has 0 spiro atoms. The Kier molecular flexibility index (Phi) is 5.02. The van der Waals surface area contributed by atoms with Crippen LogP contribution >= 0.6 is 11.3 Å². The molecule has 3 aromatic heterocycles. The van der Waals surface area contributed by atoms with Crippen LogP contribution in [-0.4, -0.2) is 11.3 Å². The molecular formula is C43H31BN2OS. The number of fused-ring (bicyclic) bond motifs is 12. The molecule has 11 rings (SSSR count). The highest BCUT2D eigenvalue weighted by molar-refractivity contribution is 7.26. The SMILES string of the molecule is Cc1cc2c3c(c1)-n1c4c(cccc4c4sc5ccccc5c41)B3c1ccc(C(C)(C)C)cc1N2c1cccc2c1oc1ccccc12. The van der Waals surface area contributed by atoms with Crippen LogP contribution in [0.2, 0.25) is 0 Å². The lowest BCUT2D eigenvalue weighted by molar-refractivity contribution is 0.590. The number of aromatic nitrogens is 1. The predicted molar refractivity (Wildman–Crippen MR) is 206 cm³/mol. The maximum atomic E-state index is 6.73. The van der Waals surface area contributed by atoms with Crippen LogP contribution in [0.4, 0.5) is 17.1 Å². The minimum Gasteiger partial charge on any atom is -0.454 e. The molecule has 0 radical (unpaired) electrons. The fourth-order valence-corrected chi connectivity index (χ4v) is 9.88. The summed E-state index contributed by atoms with van der Waals surface area (Å²) in [7, 11) is 0. The van der Waals surface area contributed by atoms with Gasteiger partial charge in [-0.25, -0.2) is 0 Å². The first-order chi connectivity index (χ1) is 23.4. The highest BCUT2D eigenvalue weighted by Gasteiger charge is 2.43. The number of hydrogen-bond acceptors (Lipinski definition) is 3. The van der Waals surface area contributed by atoms with Crippen molar-refractivity contribution in [2.45, 2.75) is 33.1 Å². The molecule has 0 atom stereocenters. The van der Waals surface area contributed by atoms with Gasteiger partial charge in [-0.2, -0.15) is 0 Å². The molecule has 0 saturated heterocycles. The van der Waals surface area contributed by atoms with Crippen LogP contribution in [-0.2, 0) is 5.41 Å². The monoisotopic (exact) mass is 634 g/mol. The van der Waals surface area contributed by atoms with E-state index < -0.39 is 0 Å². The molecule has 9 aromatic rings. The van der Waals surface area contributed by atoms with Crippen molar-refractivity contribution in [1.29, 1.82) is 0 Å². The van der Waals surface area contributed by atoms with Crippen LogP contribution in [0, 0.1) is 6.92 Å². The molecule has 0 saturated carbocycles. The van der Waals surface area contributed by atoms with Gasteiger partial charge in [0.15, 0.2) is 5.58 Å². The molecule has 3 nitrogen and oxygen atoms in total. The summed E-state index contributed by atoms with van der Waals surface area (Å²) in [5, 5.41) is 4.96. The first kappa shape index (κ1) is 26.8. The van der Waals surface area contributed by atoms with E-state index in [1.54, 1.807) is 0 Å². The topological polar surface area (TPSA) is 21.3 Å². The van der Waals surface area contributed by atoms with Gasteiger partial charge in [-0.3, -0.25) is 0 Å². The lowest BCUT2D eigenvalue weighted by Crippen LogP contribution is -2.60. The van der Waals surface area contributed by atoms with Crippen molar-refractivity contribution in [3.63, 3.8) is 0 Å². The van der Waals surface area contributed by atoms with Gasteiger partial charge in [0, 0.05) is 43.3 Å². The Balaban J connectivity index is 1.32. The van der Waals surface area contributed by atoms with Crippen molar-refractivity contribution >= 4 is 105 Å². The summed E-state index contributed by atoms with van der Waals surface area (Å²) in [5.41, 5.74) is 16.0. The van der Waals surface area contributed by atoms with Gasteiger partial charge >= 0.3 is 0 Å². The van der Waals surface area contributed by atoms with Gasteiger partial charge in [0.1, 0.15) is 5.58 Å². The third kappa shape index (κ3) is 3.30. The average molecular weight is 635 g/mol. The van der Waals surface area contributed by atoms with E-state index in [0.29, 0.717) is 0 Å². The highest BCUT2D eigenvalue weighted by Crippen LogP contribution is 2.48. The summed E-state index contributed by atoms with van der Waals surface area (Å²) in [5.74, 6) is 0. The van der Waals surface area contributed by atoms with Crippen molar-refractivity contribution in [2.24, 2.45) is 0 Å². The van der Waals surface area contributed by atoms with Gasteiger partial charge in [0.2, 0.25) is 0 Å². The largest absolute Gasteiger partial charge is 0.454 e. The summed E-state index contributed by atoms with van der Waals surface area (Å²) in [6, 6.07) is 42.9. The zero-order valence-corrected chi connectivity index (χ0v) is 28.1. The summed E-state index contributed by atoms with van der Waals surface area (Å²) in [6.45, 7) is 9.28. The second-order valence-corrected chi connectivity index (χ2v) is 15.7. The second-order valence-electron chi connectivity index (χ2n) is 14.6.